The summed E-state index contributed by atoms with van der Waals surface area (Å²) in [5.41, 5.74) is 9.30. The normalized spacial score (nSPS) is 21.5. The van der Waals surface area contributed by atoms with E-state index < -0.39 is 18.3 Å². The van der Waals surface area contributed by atoms with Gasteiger partial charge < -0.3 is 20.5 Å². The molecule has 0 radical (unpaired) electrons. The Kier molecular flexibility index (Phi) is 6.29. The van der Waals surface area contributed by atoms with Crippen LogP contribution >= 0.6 is 0 Å². The maximum absolute atomic E-state index is 12.7. The Morgan fingerprint density at radius 1 is 1.17 bits per heavy atom. The van der Waals surface area contributed by atoms with Crippen molar-refractivity contribution in [2.24, 2.45) is 17.6 Å². The SMILES string of the molecule is NCc1cc(-c2cccc(NC(=O)[C@H]3C[C@@H]3C(F)F)c2)ccc1OC1CCOCC1. The molecule has 1 aliphatic carbocycles. The molecule has 4 rings (SSSR count). The van der Waals surface area contributed by atoms with E-state index in [-0.39, 0.29) is 18.4 Å². The first-order chi connectivity index (χ1) is 14.5. The van der Waals surface area contributed by atoms with Crippen molar-refractivity contribution >= 4 is 11.6 Å². The highest BCUT2D eigenvalue weighted by molar-refractivity contribution is 5.95. The van der Waals surface area contributed by atoms with Crippen LogP contribution in [0.1, 0.15) is 24.8 Å². The highest BCUT2D eigenvalue weighted by atomic mass is 19.3. The van der Waals surface area contributed by atoms with Crippen LogP contribution in [0.4, 0.5) is 14.5 Å². The van der Waals surface area contributed by atoms with Crippen molar-refractivity contribution in [2.45, 2.75) is 38.3 Å². The molecule has 0 unspecified atom stereocenters. The smallest absolute Gasteiger partial charge is 0.242 e. The molecule has 2 fully saturated rings. The van der Waals surface area contributed by atoms with Gasteiger partial charge in [0.05, 0.1) is 13.2 Å². The molecule has 0 aromatic heterocycles. The van der Waals surface area contributed by atoms with Crippen molar-refractivity contribution in [3.05, 3.63) is 48.0 Å². The van der Waals surface area contributed by atoms with Crippen LogP contribution in [0.3, 0.4) is 0 Å². The average Bonchev–Trinajstić information content (AvgIpc) is 3.56. The predicted octanol–water partition coefficient (Wildman–Crippen LogP) is 4.21. The van der Waals surface area contributed by atoms with E-state index in [2.05, 4.69) is 5.32 Å². The van der Waals surface area contributed by atoms with Crippen molar-refractivity contribution in [1.29, 1.82) is 0 Å². The van der Waals surface area contributed by atoms with Crippen molar-refractivity contribution in [3.63, 3.8) is 0 Å². The summed E-state index contributed by atoms with van der Waals surface area (Å²) in [4.78, 5) is 12.2. The van der Waals surface area contributed by atoms with E-state index in [1.54, 1.807) is 6.07 Å². The van der Waals surface area contributed by atoms with E-state index >= 15 is 0 Å². The van der Waals surface area contributed by atoms with Crippen molar-refractivity contribution in [1.82, 2.24) is 0 Å². The fraction of sp³-hybridized carbons (Fsp3) is 0.435. The number of halogens is 2. The third-order valence-electron chi connectivity index (χ3n) is 5.71. The molecular weight excluding hydrogens is 390 g/mol. The van der Waals surface area contributed by atoms with Gasteiger partial charge in [0, 0.05) is 42.5 Å². The minimum absolute atomic E-state index is 0.132. The summed E-state index contributed by atoms with van der Waals surface area (Å²) in [6.07, 6.45) is -0.337. The van der Waals surface area contributed by atoms with E-state index in [0.717, 1.165) is 35.3 Å². The van der Waals surface area contributed by atoms with Gasteiger partial charge in [0.25, 0.3) is 0 Å². The summed E-state index contributed by atoms with van der Waals surface area (Å²) >= 11 is 0. The van der Waals surface area contributed by atoms with Crippen LogP contribution in [0.5, 0.6) is 5.75 Å². The van der Waals surface area contributed by atoms with E-state index in [0.29, 0.717) is 25.4 Å². The monoisotopic (exact) mass is 416 g/mol. The highest BCUT2D eigenvalue weighted by Gasteiger charge is 2.48. The van der Waals surface area contributed by atoms with Crippen LogP contribution in [0, 0.1) is 11.8 Å². The molecule has 160 valence electrons. The van der Waals surface area contributed by atoms with Gasteiger partial charge in [0.1, 0.15) is 11.9 Å². The number of nitrogens with two attached hydrogens (primary N) is 1. The van der Waals surface area contributed by atoms with Crippen LogP contribution in [0.25, 0.3) is 11.1 Å². The maximum atomic E-state index is 12.7. The largest absolute Gasteiger partial charge is 0.490 e. The average molecular weight is 416 g/mol. The van der Waals surface area contributed by atoms with Gasteiger partial charge in [0.2, 0.25) is 12.3 Å². The summed E-state index contributed by atoms with van der Waals surface area (Å²) in [6.45, 7) is 1.76. The van der Waals surface area contributed by atoms with Gasteiger partial charge in [-0.2, -0.15) is 0 Å². The standard InChI is InChI=1S/C23H26F2N2O3/c24-22(25)19-12-20(19)23(28)27-17-3-1-2-14(11-17)15-4-5-21(16(10-15)13-26)30-18-6-8-29-9-7-18/h1-5,10-11,18-20,22H,6-9,12-13,26H2,(H,27,28)/t19-,20-/m0/s1. The van der Waals surface area contributed by atoms with Gasteiger partial charge in [0.15, 0.2) is 0 Å². The Hall–Kier alpha value is -2.51. The number of carbonyl (C=O) groups excluding carboxylic acids is 1. The lowest BCUT2D eigenvalue weighted by atomic mass is 10.0. The maximum Gasteiger partial charge on any atom is 0.242 e. The second-order valence-electron chi connectivity index (χ2n) is 7.87. The Morgan fingerprint density at radius 3 is 2.63 bits per heavy atom. The molecule has 1 saturated heterocycles. The van der Waals surface area contributed by atoms with Crippen LogP contribution in [0.2, 0.25) is 0 Å². The number of hydrogen-bond acceptors (Lipinski definition) is 4. The molecule has 30 heavy (non-hydrogen) atoms. The summed E-state index contributed by atoms with van der Waals surface area (Å²) in [5, 5.41) is 2.76. The Morgan fingerprint density at radius 2 is 1.93 bits per heavy atom. The van der Waals surface area contributed by atoms with E-state index in [9.17, 15) is 13.6 Å². The van der Waals surface area contributed by atoms with Gasteiger partial charge in [-0.1, -0.05) is 18.2 Å². The first-order valence-electron chi connectivity index (χ1n) is 10.3. The topological polar surface area (TPSA) is 73.6 Å². The zero-order valence-corrected chi connectivity index (χ0v) is 16.7. The van der Waals surface area contributed by atoms with E-state index in [4.69, 9.17) is 15.2 Å². The number of anilines is 1. The second kappa shape index (κ2) is 9.10. The third kappa shape index (κ3) is 4.79. The number of hydrogen-bond donors (Lipinski definition) is 2. The molecule has 3 N–H and O–H groups in total. The number of ether oxygens (including phenoxy) is 2. The van der Waals surface area contributed by atoms with Crippen LogP contribution < -0.4 is 15.8 Å². The zero-order valence-electron chi connectivity index (χ0n) is 16.7. The van der Waals surface area contributed by atoms with Gasteiger partial charge in [-0.3, -0.25) is 4.79 Å². The molecule has 2 aromatic carbocycles. The van der Waals surface area contributed by atoms with Gasteiger partial charge in [-0.25, -0.2) is 8.78 Å². The lowest BCUT2D eigenvalue weighted by Gasteiger charge is -2.24. The number of rotatable bonds is 7. The summed E-state index contributed by atoms with van der Waals surface area (Å²) in [7, 11) is 0. The number of benzene rings is 2. The van der Waals surface area contributed by atoms with Crippen LogP contribution in [0.15, 0.2) is 42.5 Å². The van der Waals surface area contributed by atoms with Crippen molar-refractivity contribution in [3.8, 4) is 16.9 Å². The Bertz CT molecular complexity index is 900. The van der Waals surface area contributed by atoms with Crippen LogP contribution in [-0.2, 0) is 16.1 Å². The van der Waals surface area contributed by atoms with Crippen molar-refractivity contribution in [2.75, 3.05) is 18.5 Å². The molecule has 2 atom stereocenters. The summed E-state index contributed by atoms with van der Waals surface area (Å²) in [6, 6.07) is 13.2. The van der Waals surface area contributed by atoms with Crippen LogP contribution in [-0.4, -0.2) is 31.7 Å². The van der Waals surface area contributed by atoms with Gasteiger partial charge in [-0.05, 0) is 41.8 Å². The molecular formula is C23H26F2N2O3. The molecule has 0 spiro atoms. The van der Waals surface area contributed by atoms with Crippen molar-refractivity contribution < 1.29 is 23.0 Å². The van der Waals surface area contributed by atoms with E-state index in [1.165, 1.54) is 0 Å². The lowest BCUT2D eigenvalue weighted by Crippen LogP contribution is -2.26. The molecule has 0 bridgehead atoms. The molecule has 1 saturated carbocycles. The molecule has 5 nitrogen and oxygen atoms in total. The summed E-state index contributed by atoms with van der Waals surface area (Å²) in [5.74, 6) is -0.979. The molecule has 1 amide bonds. The molecule has 1 aliphatic heterocycles. The predicted molar refractivity (Wildman–Crippen MR) is 110 cm³/mol. The fourth-order valence-corrected chi connectivity index (χ4v) is 3.81. The first-order valence-corrected chi connectivity index (χ1v) is 10.3. The number of alkyl halides is 2. The second-order valence-corrected chi connectivity index (χ2v) is 7.87. The quantitative estimate of drug-likeness (QED) is 0.709. The minimum atomic E-state index is -2.44. The third-order valence-corrected chi connectivity index (χ3v) is 5.71. The highest BCUT2D eigenvalue weighted by Crippen LogP contribution is 2.43. The molecule has 1 heterocycles. The Balaban J connectivity index is 1.47. The number of nitrogens with one attached hydrogen (secondary N) is 1. The Labute approximate surface area is 174 Å². The lowest BCUT2D eigenvalue weighted by molar-refractivity contribution is -0.118. The zero-order chi connectivity index (χ0) is 21.1. The number of carbonyl (C=O) groups is 1. The molecule has 2 aliphatic rings. The van der Waals surface area contributed by atoms with Gasteiger partial charge >= 0.3 is 0 Å². The molecule has 7 heteroatoms. The fourth-order valence-electron chi connectivity index (χ4n) is 3.81. The number of amides is 1. The summed E-state index contributed by atoms with van der Waals surface area (Å²) < 4.78 is 36.9. The van der Waals surface area contributed by atoms with E-state index in [1.807, 2.05) is 36.4 Å². The molecule has 2 aromatic rings. The first kappa shape index (κ1) is 20.8. The minimum Gasteiger partial charge on any atom is -0.490 e. The van der Waals surface area contributed by atoms with Gasteiger partial charge in [-0.15, -0.1) is 0 Å².